The van der Waals surface area contributed by atoms with Crippen molar-refractivity contribution in [2.75, 3.05) is 25.0 Å². The largest absolute Gasteiger partial charge is 0.462 e. The van der Waals surface area contributed by atoms with Crippen molar-refractivity contribution < 1.29 is 22.7 Å². The summed E-state index contributed by atoms with van der Waals surface area (Å²) in [4.78, 5) is 24.8. The lowest BCUT2D eigenvalue weighted by molar-refractivity contribution is -0.120. The minimum Gasteiger partial charge on any atom is -0.462 e. The number of esters is 1. The SMILES string of the molecule is CCOC(=O)c1ccc(NC(=O)[C@H]2CCCN(S(=O)(=O)c3ccccc3)C2)cc1Cl. The van der Waals surface area contributed by atoms with Gasteiger partial charge in [-0.25, -0.2) is 13.2 Å². The zero-order chi connectivity index (χ0) is 21.7. The van der Waals surface area contributed by atoms with E-state index < -0.39 is 21.9 Å². The molecule has 160 valence electrons. The minimum atomic E-state index is -3.65. The Morgan fingerprint density at radius 2 is 1.93 bits per heavy atom. The van der Waals surface area contributed by atoms with Gasteiger partial charge in [-0.2, -0.15) is 4.31 Å². The molecule has 0 radical (unpaired) electrons. The number of nitrogens with zero attached hydrogens (tertiary/aromatic N) is 1. The Morgan fingerprint density at radius 3 is 2.60 bits per heavy atom. The number of sulfonamides is 1. The molecule has 2 aromatic carbocycles. The van der Waals surface area contributed by atoms with Crippen LogP contribution in [0.4, 0.5) is 5.69 Å². The molecule has 7 nitrogen and oxygen atoms in total. The summed E-state index contributed by atoms with van der Waals surface area (Å²) in [6.45, 7) is 2.42. The van der Waals surface area contributed by atoms with Crippen molar-refractivity contribution in [3.63, 3.8) is 0 Å². The third-order valence-corrected chi connectivity index (χ3v) is 7.06. The molecule has 1 saturated heterocycles. The fraction of sp³-hybridized carbons (Fsp3) is 0.333. The summed E-state index contributed by atoms with van der Waals surface area (Å²) < 4.78 is 32.0. The highest BCUT2D eigenvalue weighted by Gasteiger charge is 2.33. The van der Waals surface area contributed by atoms with E-state index in [-0.39, 0.29) is 34.5 Å². The Labute approximate surface area is 181 Å². The normalized spacial score (nSPS) is 17.3. The second-order valence-electron chi connectivity index (χ2n) is 6.92. The van der Waals surface area contributed by atoms with E-state index in [1.165, 1.54) is 16.4 Å². The summed E-state index contributed by atoms with van der Waals surface area (Å²) in [6.07, 6.45) is 1.17. The first-order chi connectivity index (χ1) is 14.3. The van der Waals surface area contributed by atoms with Gasteiger partial charge in [0.25, 0.3) is 0 Å². The highest BCUT2D eigenvalue weighted by molar-refractivity contribution is 7.89. The molecular formula is C21H23ClN2O5S. The molecule has 1 N–H and O–H groups in total. The molecule has 0 aliphatic carbocycles. The maximum atomic E-state index is 12.8. The zero-order valence-electron chi connectivity index (χ0n) is 16.5. The summed E-state index contributed by atoms with van der Waals surface area (Å²) in [7, 11) is -3.65. The van der Waals surface area contributed by atoms with Crippen LogP contribution in [0.15, 0.2) is 53.4 Å². The molecule has 1 atom stereocenters. The molecule has 1 aliphatic rings. The molecule has 0 spiro atoms. The molecule has 30 heavy (non-hydrogen) atoms. The smallest absolute Gasteiger partial charge is 0.339 e. The lowest BCUT2D eigenvalue weighted by atomic mass is 9.98. The van der Waals surface area contributed by atoms with E-state index in [4.69, 9.17) is 16.3 Å². The number of hydrogen-bond acceptors (Lipinski definition) is 5. The molecule has 0 aromatic heterocycles. The molecular weight excluding hydrogens is 428 g/mol. The molecule has 1 heterocycles. The van der Waals surface area contributed by atoms with Crippen LogP contribution in [0.5, 0.6) is 0 Å². The van der Waals surface area contributed by atoms with Gasteiger partial charge in [0.1, 0.15) is 0 Å². The second-order valence-corrected chi connectivity index (χ2v) is 9.26. The predicted octanol–water partition coefficient (Wildman–Crippen LogP) is 3.56. The average Bonchev–Trinajstić information content (AvgIpc) is 2.74. The summed E-state index contributed by atoms with van der Waals surface area (Å²) in [5.74, 6) is -1.31. The molecule has 1 fully saturated rings. The van der Waals surface area contributed by atoms with Gasteiger partial charge in [-0.05, 0) is 50.1 Å². The van der Waals surface area contributed by atoms with E-state index in [9.17, 15) is 18.0 Å². The van der Waals surface area contributed by atoms with Gasteiger partial charge < -0.3 is 10.1 Å². The van der Waals surface area contributed by atoms with Crippen LogP contribution in [0, 0.1) is 5.92 Å². The number of rotatable bonds is 6. The van der Waals surface area contributed by atoms with Gasteiger partial charge in [0.2, 0.25) is 15.9 Å². The number of nitrogens with one attached hydrogen (secondary N) is 1. The van der Waals surface area contributed by atoms with Crippen molar-refractivity contribution >= 4 is 39.2 Å². The average molecular weight is 451 g/mol. The molecule has 2 aromatic rings. The Morgan fingerprint density at radius 1 is 1.20 bits per heavy atom. The summed E-state index contributed by atoms with van der Waals surface area (Å²) in [5, 5.41) is 2.94. The maximum Gasteiger partial charge on any atom is 0.339 e. The van der Waals surface area contributed by atoms with Gasteiger partial charge in [0, 0.05) is 18.8 Å². The van der Waals surface area contributed by atoms with E-state index >= 15 is 0 Å². The van der Waals surface area contributed by atoms with Gasteiger partial charge in [0.05, 0.1) is 28.0 Å². The first-order valence-electron chi connectivity index (χ1n) is 9.65. The summed E-state index contributed by atoms with van der Waals surface area (Å²) >= 11 is 6.14. The topological polar surface area (TPSA) is 92.8 Å². The van der Waals surface area contributed by atoms with Crippen LogP contribution in [0.2, 0.25) is 5.02 Å². The number of piperidine rings is 1. The lowest BCUT2D eigenvalue weighted by Crippen LogP contribution is -2.43. The fourth-order valence-electron chi connectivity index (χ4n) is 3.33. The number of carbonyl (C=O) groups is 2. The molecule has 1 aliphatic heterocycles. The van der Waals surface area contributed by atoms with Gasteiger partial charge in [0.15, 0.2) is 0 Å². The number of benzene rings is 2. The van der Waals surface area contributed by atoms with Crippen molar-refractivity contribution in [3.8, 4) is 0 Å². The Kier molecular flexibility index (Phi) is 7.12. The fourth-order valence-corrected chi connectivity index (χ4v) is 5.13. The number of anilines is 1. The highest BCUT2D eigenvalue weighted by atomic mass is 35.5. The van der Waals surface area contributed by atoms with Crippen LogP contribution in [0.3, 0.4) is 0 Å². The van der Waals surface area contributed by atoms with Gasteiger partial charge in [-0.15, -0.1) is 0 Å². The van der Waals surface area contributed by atoms with Crippen LogP contribution in [0.1, 0.15) is 30.1 Å². The first-order valence-corrected chi connectivity index (χ1v) is 11.5. The Balaban J connectivity index is 1.69. The van der Waals surface area contributed by atoms with Crippen LogP contribution < -0.4 is 5.32 Å². The molecule has 1 amide bonds. The van der Waals surface area contributed by atoms with Crippen molar-refractivity contribution in [1.82, 2.24) is 4.31 Å². The number of amides is 1. The molecule has 3 rings (SSSR count). The van der Waals surface area contributed by atoms with Crippen molar-refractivity contribution in [2.45, 2.75) is 24.7 Å². The molecule has 0 unspecified atom stereocenters. The van der Waals surface area contributed by atoms with E-state index in [0.29, 0.717) is 25.1 Å². The van der Waals surface area contributed by atoms with Gasteiger partial charge in [-0.3, -0.25) is 4.79 Å². The minimum absolute atomic E-state index is 0.109. The second kappa shape index (κ2) is 9.59. The third kappa shape index (κ3) is 5.00. The van der Waals surface area contributed by atoms with Crippen LogP contribution >= 0.6 is 11.6 Å². The first kappa shape index (κ1) is 22.3. The number of halogens is 1. The Bertz CT molecular complexity index is 1030. The quantitative estimate of drug-likeness (QED) is 0.679. The van der Waals surface area contributed by atoms with Crippen LogP contribution in [0.25, 0.3) is 0 Å². The molecule has 9 heteroatoms. The highest BCUT2D eigenvalue weighted by Crippen LogP contribution is 2.26. The summed E-state index contributed by atoms with van der Waals surface area (Å²) in [6, 6.07) is 12.7. The number of ether oxygens (including phenoxy) is 1. The monoisotopic (exact) mass is 450 g/mol. The zero-order valence-corrected chi connectivity index (χ0v) is 18.1. The van der Waals surface area contributed by atoms with E-state index in [1.807, 2.05) is 0 Å². The molecule has 0 saturated carbocycles. The van der Waals surface area contributed by atoms with E-state index in [0.717, 1.165) is 0 Å². The Hall–Kier alpha value is -2.42. The maximum absolute atomic E-state index is 12.8. The van der Waals surface area contributed by atoms with Crippen LogP contribution in [-0.2, 0) is 19.6 Å². The van der Waals surface area contributed by atoms with Crippen molar-refractivity contribution in [3.05, 3.63) is 59.1 Å². The number of hydrogen-bond donors (Lipinski definition) is 1. The van der Waals surface area contributed by atoms with Crippen molar-refractivity contribution in [1.29, 1.82) is 0 Å². The predicted molar refractivity (Wildman–Crippen MR) is 114 cm³/mol. The van der Waals surface area contributed by atoms with Crippen LogP contribution in [-0.4, -0.2) is 44.3 Å². The van der Waals surface area contributed by atoms with Gasteiger partial charge in [-0.1, -0.05) is 29.8 Å². The number of carbonyl (C=O) groups excluding carboxylic acids is 2. The lowest BCUT2D eigenvalue weighted by Gasteiger charge is -2.31. The standard InChI is InChI=1S/C21H23ClN2O5S/c1-2-29-21(26)18-11-10-16(13-19(18)22)23-20(25)15-7-6-12-24(14-15)30(27,28)17-8-4-3-5-9-17/h3-5,8-11,13,15H,2,6-7,12,14H2,1H3,(H,23,25)/t15-/m0/s1. The third-order valence-electron chi connectivity index (χ3n) is 4.87. The van der Waals surface area contributed by atoms with E-state index in [1.54, 1.807) is 43.3 Å². The van der Waals surface area contributed by atoms with Crippen molar-refractivity contribution in [2.24, 2.45) is 5.92 Å². The summed E-state index contributed by atoms with van der Waals surface area (Å²) in [5.41, 5.74) is 0.649. The molecule has 0 bridgehead atoms. The van der Waals surface area contributed by atoms with Gasteiger partial charge >= 0.3 is 5.97 Å². The van der Waals surface area contributed by atoms with E-state index in [2.05, 4.69) is 5.32 Å².